The molecule has 0 aliphatic rings. The number of amides is 1. The molecule has 0 saturated carbocycles. The van der Waals surface area contributed by atoms with Crippen LogP contribution in [0.15, 0.2) is 77.9 Å². The number of carbonyl (C=O) groups is 1. The summed E-state index contributed by atoms with van der Waals surface area (Å²) in [5, 5.41) is 3.98. The Balaban J connectivity index is 1.64. The van der Waals surface area contributed by atoms with E-state index in [4.69, 9.17) is 9.47 Å². The van der Waals surface area contributed by atoms with Crippen molar-refractivity contribution >= 4 is 27.8 Å². The van der Waals surface area contributed by atoms with Gasteiger partial charge in [-0.1, -0.05) is 49.4 Å². The van der Waals surface area contributed by atoms with Crippen molar-refractivity contribution in [2.24, 2.45) is 5.10 Å². The molecule has 0 radical (unpaired) electrons. The average molecular weight is 510 g/mol. The Labute approximate surface area is 212 Å². The second-order valence-corrected chi connectivity index (χ2v) is 9.90. The minimum absolute atomic E-state index is 0.391. The highest BCUT2D eigenvalue weighted by atomic mass is 32.2. The second kappa shape index (κ2) is 12.7. The van der Waals surface area contributed by atoms with Crippen LogP contribution in [0.1, 0.15) is 30.5 Å². The van der Waals surface area contributed by atoms with Crippen molar-refractivity contribution in [1.82, 2.24) is 5.43 Å². The summed E-state index contributed by atoms with van der Waals surface area (Å²) in [6.45, 7) is 4.36. The molecular weight excluding hydrogens is 478 g/mol. The molecule has 0 spiro atoms. The van der Waals surface area contributed by atoms with Crippen molar-refractivity contribution in [3.05, 3.63) is 89.5 Å². The number of benzene rings is 3. The minimum Gasteiger partial charge on any atom is -0.490 e. The third kappa shape index (κ3) is 7.84. The molecule has 8 nitrogen and oxygen atoms in total. The summed E-state index contributed by atoms with van der Waals surface area (Å²) in [6.07, 6.45) is 3.36. The molecule has 0 saturated heterocycles. The van der Waals surface area contributed by atoms with Gasteiger partial charge in [-0.3, -0.25) is 9.10 Å². The van der Waals surface area contributed by atoms with Gasteiger partial charge >= 0.3 is 0 Å². The number of sulfonamides is 1. The Morgan fingerprint density at radius 1 is 0.944 bits per heavy atom. The maximum absolute atomic E-state index is 12.5. The Morgan fingerprint density at radius 2 is 1.67 bits per heavy atom. The van der Waals surface area contributed by atoms with Crippen LogP contribution in [0.3, 0.4) is 0 Å². The van der Waals surface area contributed by atoms with Gasteiger partial charge in [0.1, 0.15) is 13.2 Å². The molecule has 0 heterocycles. The fraction of sp³-hybridized carbons (Fsp3) is 0.259. The summed E-state index contributed by atoms with van der Waals surface area (Å²) >= 11 is 0. The Morgan fingerprint density at radius 3 is 2.31 bits per heavy atom. The van der Waals surface area contributed by atoms with E-state index >= 15 is 0 Å². The first-order valence-electron chi connectivity index (χ1n) is 11.6. The largest absolute Gasteiger partial charge is 0.490 e. The number of hydrogen-bond donors (Lipinski definition) is 1. The molecule has 0 bridgehead atoms. The lowest BCUT2D eigenvalue weighted by atomic mass is 10.1. The van der Waals surface area contributed by atoms with Gasteiger partial charge in [0.05, 0.1) is 24.8 Å². The van der Waals surface area contributed by atoms with Gasteiger partial charge in [-0.15, -0.1) is 0 Å². The lowest BCUT2D eigenvalue weighted by Gasteiger charge is -2.21. The minimum atomic E-state index is -3.66. The standard InChI is InChI=1S/C27H31N3O5S/c1-4-21-11-14-24(15-12-21)30(36(3,32)33)19-27(31)29-28-18-23-13-16-25(26(17-23)34-5-2)35-20-22-9-7-6-8-10-22/h6-18H,4-5,19-20H2,1-3H3,(H,29,31)/b28-18-. The van der Waals surface area contributed by atoms with Crippen LogP contribution in [0.25, 0.3) is 0 Å². The third-order valence-corrected chi connectivity index (χ3v) is 6.37. The molecule has 1 N–H and O–H groups in total. The van der Waals surface area contributed by atoms with E-state index in [1.54, 1.807) is 30.3 Å². The average Bonchev–Trinajstić information content (AvgIpc) is 2.87. The van der Waals surface area contributed by atoms with Crippen LogP contribution in [0.5, 0.6) is 11.5 Å². The van der Waals surface area contributed by atoms with E-state index in [0.29, 0.717) is 36.0 Å². The molecule has 0 aliphatic carbocycles. The van der Waals surface area contributed by atoms with Crippen molar-refractivity contribution in [2.45, 2.75) is 26.9 Å². The number of nitrogens with zero attached hydrogens (tertiary/aromatic N) is 2. The lowest BCUT2D eigenvalue weighted by Crippen LogP contribution is -2.39. The van der Waals surface area contributed by atoms with Crippen LogP contribution in [0, 0.1) is 0 Å². The highest BCUT2D eigenvalue weighted by Crippen LogP contribution is 2.29. The van der Waals surface area contributed by atoms with Crippen LogP contribution in [0.4, 0.5) is 5.69 Å². The van der Waals surface area contributed by atoms with E-state index in [1.807, 2.05) is 56.3 Å². The second-order valence-electron chi connectivity index (χ2n) is 8.00. The molecule has 3 aromatic rings. The third-order valence-electron chi connectivity index (χ3n) is 5.23. The first-order chi connectivity index (χ1) is 17.3. The van der Waals surface area contributed by atoms with E-state index in [-0.39, 0.29) is 0 Å². The van der Waals surface area contributed by atoms with E-state index in [2.05, 4.69) is 10.5 Å². The highest BCUT2D eigenvalue weighted by Gasteiger charge is 2.20. The summed E-state index contributed by atoms with van der Waals surface area (Å²) in [7, 11) is -3.66. The molecule has 0 unspecified atom stereocenters. The molecule has 0 aliphatic heterocycles. The van der Waals surface area contributed by atoms with E-state index in [9.17, 15) is 13.2 Å². The number of ether oxygens (including phenoxy) is 2. The number of nitrogens with one attached hydrogen (secondary N) is 1. The number of carbonyl (C=O) groups excluding carboxylic acids is 1. The lowest BCUT2D eigenvalue weighted by molar-refractivity contribution is -0.119. The molecule has 0 fully saturated rings. The Hall–Kier alpha value is -3.85. The normalized spacial score (nSPS) is 11.3. The molecule has 1 amide bonds. The molecule has 0 atom stereocenters. The van der Waals surface area contributed by atoms with Gasteiger partial charge in [-0.05, 0) is 60.4 Å². The van der Waals surface area contributed by atoms with Gasteiger partial charge in [0.15, 0.2) is 11.5 Å². The van der Waals surface area contributed by atoms with Crippen LogP contribution in [0.2, 0.25) is 0 Å². The zero-order valence-electron chi connectivity index (χ0n) is 20.7. The van der Waals surface area contributed by atoms with Gasteiger partial charge in [-0.25, -0.2) is 13.8 Å². The predicted molar refractivity (Wildman–Crippen MR) is 142 cm³/mol. The quantitative estimate of drug-likeness (QED) is 0.292. The SMILES string of the molecule is CCOc1cc(/C=N\NC(=O)CN(c2ccc(CC)cc2)S(C)(=O)=O)ccc1OCc1ccccc1. The first kappa shape index (κ1) is 26.7. The highest BCUT2D eigenvalue weighted by molar-refractivity contribution is 7.92. The van der Waals surface area contributed by atoms with Gasteiger partial charge < -0.3 is 9.47 Å². The number of rotatable bonds is 12. The van der Waals surface area contributed by atoms with Crippen LogP contribution in [-0.2, 0) is 27.8 Å². The summed E-state index contributed by atoms with van der Waals surface area (Å²) < 4.78 is 37.2. The fourth-order valence-corrected chi connectivity index (χ4v) is 4.23. The van der Waals surface area contributed by atoms with E-state index in [0.717, 1.165) is 28.1 Å². The Kier molecular flexibility index (Phi) is 9.46. The number of anilines is 1. The van der Waals surface area contributed by atoms with Gasteiger partial charge in [0.25, 0.3) is 5.91 Å². The first-order valence-corrected chi connectivity index (χ1v) is 13.5. The molecule has 9 heteroatoms. The predicted octanol–water partition coefficient (Wildman–Crippen LogP) is 4.14. The summed E-state index contributed by atoms with van der Waals surface area (Å²) in [5.74, 6) is 0.589. The Bertz CT molecular complexity index is 1280. The van der Waals surface area contributed by atoms with Crippen LogP contribution < -0.4 is 19.2 Å². The smallest absolute Gasteiger partial charge is 0.260 e. The molecule has 36 heavy (non-hydrogen) atoms. The zero-order valence-corrected chi connectivity index (χ0v) is 21.5. The summed E-state index contributed by atoms with van der Waals surface area (Å²) in [6, 6.07) is 22.2. The van der Waals surface area contributed by atoms with Crippen molar-refractivity contribution < 1.29 is 22.7 Å². The maximum atomic E-state index is 12.5. The van der Waals surface area contributed by atoms with Gasteiger partial charge in [-0.2, -0.15) is 5.10 Å². The number of hydrogen-bond acceptors (Lipinski definition) is 6. The molecular formula is C27H31N3O5S. The topological polar surface area (TPSA) is 97.3 Å². The summed E-state index contributed by atoms with van der Waals surface area (Å²) in [4.78, 5) is 12.5. The van der Waals surface area contributed by atoms with E-state index < -0.39 is 22.5 Å². The maximum Gasteiger partial charge on any atom is 0.260 e. The summed E-state index contributed by atoms with van der Waals surface area (Å²) in [5.41, 5.74) is 5.60. The molecule has 3 aromatic carbocycles. The fourth-order valence-electron chi connectivity index (χ4n) is 3.37. The van der Waals surface area contributed by atoms with Crippen LogP contribution >= 0.6 is 0 Å². The molecule has 190 valence electrons. The van der Waals surface area contributed by atoms with Crippen molar-refractivity contribution in [1.29, 1.82) is 0 Å². The monoisotopic (exact) mass is 509 g/mol. The van der Waals surface area contributed by atoms with Crippen molar-refractivity contribution in [2.75, 3.05) is 23.7 Å². The van der Waals surface area contributed by atoms with Crippen molar-refractivity contribution in [3.63, 3.8) is 0 Å². The van der Waals surface area contributed by atoms with E-state index in [1.165, 1.54) is 6.21 Å². The molecule has 3 rings (SSSR count). The van der Waals surface area contributed by atoms with Crippen LogP contribution in [-0.4, -0.2) is 39.9 Å². The molecule has 0 aromatic heterocycles. The van der Waals surface area contributed by atoms with Crippen molar-refractivity contribution in [3.8, 4) is 11.5 Å². The van der Waals surface area contributed by atoms with Gasteiger partial charge in [0.2, 0.25) is 10.0 Å². The number of hydrazone groups is 1. The van der Waals surface area contributed by atoms with Gasteiger partial charge in [0, 0.05) is 0 Å². The number of aryl methyl sites for hydroxylation is 1. The zero-order chi connectivity index (χ0) is 26.0.